The number of benzene rings is 1. The first kappa shape index (κ1) is 14.5. The lowest BCUT2D eigenvalue weighted by molar-refractivity contribution is 0.245. The number of hydrogen-bond acceptors (Lipinski definition) is 2. The Morgan fingerprint density at radius 3 is 2.37 bits per heavy atom. The summed E-state index contributed by atoms with van der Waals surface area (Å²) in [6, 6.07) is 10.1. The minimum absolute atomic E-state index is 0.491. The Labute approximate surface area is 118 Å². The van der Waals surface area contributed by atoms with Crippen molar-refractivity contribution in [1.29, 1.82) is 0 Å². The summed E-state index contributed by atoms with van der Waals surface area (Å²) in [6.07, 6.45) is 3.90. The van der Waals surface area contributed by atoms with Gasteiger partial charge in [-0.25, -0.2) is 0 Å². The van der Waals surface area contributed by atoms with Gasteiger partial charge in [-0.05, 0) is 51.8 Å². The summed E-state index contributed by atoms with van der Waals surface area (Å²) in [5, 5.41) is 3.74. The molecular weight excluding hydrogens is 232 g/mol. The zero-order valence-electron chi connectivity index (χ0n) is 12.7. The molecule has 0 radical (unpaired) electrons. The first-order valence-corrected chi connectivity index (χ1v) is 7.74. The second kappa shape index (κ2) is 7.06. The second-order valence-corrected chi connectivity index (χ2v) is 5.87. The third-order valence-corrected chi connectivity index (χ3v) is 4.31. The summed E-state index contributed by atoms with van der Waals surface area (Å²) < 4.78 is 0. The average Bonchev–Trinajstić information content (AvgIpc) is 2.95. The second-order valence-electron chi connectivity index (χ2n) is 5.87. The van der Waals surface area contributed by atoms with E-state index in [1.807, 2.05) is 0 Å². The Hall–Kier alpha value is -0.860. The Balaban J connectivity index is 1.86. The molecule has 0 spiro atoms. The lowest BCUT2D eigenvalue weighted by Gasteiger charge is -2.27. The molecule has 106 valence electrons. The summed E-state index contributed by atoms with van der Waals surface area (Å²) >= 11 is 0. The topological polar surface area (TPSA) is 15.3 Å². The summed E-state index contributed by atoms with van der Waals surface area (Å²) in [5.41, 5.74) is 2.76. The van der Waals surface area contributed by atoms with Gasteiger partial charge >= 0.3 is 0 Å². The van der Waals surface area contributed by atoms with Crippen molar-refractivity contribution in [2.24, 2.45) is 0 Å². The van der Waals surface area contributed by atoms with E-state index >= 15 is 0 Å². The van der Waals surface area contributed by atoms with Gasteiger partial charge in [-0.15, -0.1) is 0 Å². The molecular formula is C17H28N2. The molecule has 0 aliphatic carbocycles. The Bertz CT molecular complexity index is 365. The fraction of sp³-hybridized carbons (Fsp3) is 0.647. The fourth-order valence-corrected chi connectivity index (χ4v) is 2.92. The van der Waals surface area contributed by atoms with Crippen LogP contribution in [0.2, 0.25) is 0 Å². The monoisotopic (exact) mass is 260 g/mol. The average molecular weight is 260 g/mol. The molecule has 2 atom stereocenters. The van der Waals surface area contributed by atoms with Crippen molar-refractivity contribution in [1.82, 2.24) is 10.2 Å². The van der Waals surface area contributed by atoms with Gasteiger partial charge in [0.15, 0.2) is 0 Å². The first-order chi connectivity index (χ1) is 9.20. The number of nitrogens with zero attached hydrogens (tertiary/aromatic N) is 1. The molecule has 1 aromatic carbocycles. The first-order valence-electron chi connectivity index (χ1n) is 7.74. The van der Waals surface area contributed by atoms with Gasteiger partial charge in [0.2, 0.25) is 0 Å². The number of hydrogen-bond donors (Lipinski definition) is 1. The van der Waals surface area contributed by atoms with Crippen molar-refractivity contribution in [3.8, 4) is 0 Å². The minimum atomic E-state index is 0.491. The summed E-state index contributed by atoms with van der Waals surface area (Å²) in [4.78, 5) is 2.61. The standard InChI is InChI=1S/C17H28N2/c1-4-17(16-9-7-14(2)8-10-16)18-13-15(3)19-11-5-6-12-19/h7-10,15,17-18H,4-6,11-13H2,1-3H3. The molecule has 1 N–H and O–H groups in total. The number of likely N-dealkylation sites (tertiary alicyclic amines) is 1. The van der Waals surface area contributed by atoms with Crippen LogP contribution in [-0.4, -0.2) is 30.6 Å². The molecule has 1 fully saturated rings. The lowest BCUT2D eigenvalue weighted by atomic mass is 10.0. The molecule has 0 amide bonds. The van der Waals surface area contributed by atoms with Crippen LogP contribution in [0.5, 0.6) is 0 Å². The molecule has 1 aliphatic heterocycles. The maximum absolute atomic E-state index is 3.74. The maximum atomic E-state index is 3.74. The van der Waals surface area contributed by atoms with Gasteiger partial charge in [-0.2, -0.15) is 0 Å². The summed E-state index contributed by atoms with van der Waals surface area (Å²) in [7, 11) is 0. The Morgan fingerprint density at radius 1 is 1.16 bits per heavy atom. The molecule has 1 heterocycles. The van der Waals surface area contributed by atoms with E-state index in [1.54, 1.807) is 0 Å². The fourth-order valence-electron chi connectivity index (χ4n) is 2.92. The van der Waals surface area contributed by atoms with Crippen LogP contribution in [0.4, 0.5) is 0 Å². The predicted molar refractivity (Wildman–Crippen MR) is 82.5 cm³/mol. The zero-order chi connectivity index (χ0) is 13.7. The van der Waals surface area contributed by atoms with E-state index in [0.717, 1.165) is 13.0 Å². The highest BCUT2D eigenvalue weighted by Crippen LogP contribution is 2.18. The third kappa shape index (κ3) is 4.05. The van der Waals surface area contributed by atoms with Crippen molar-refractivity contribution < 1.29 is 0 Å². The third-order valence-electron chi connectivity index (χ3n) is 4.31. The molecule has 19 heavy (non-hydrogen) atoms. The van der Waals surface area contributed by atoms with Gasteiger partial charge in [0.25, 0.3) is 0 Å². The van der Waals surface area contributed by atoms with Crippen LogP contribution in [0.15, 0.2) is 24.3 Å². The lowest BCUT2D eigenvalue weighted by Crippen LogP contribution is -2.39. The van der Waals surface area contributed by atoms with Crippen LogP contribution in [0.3, 0.4) is 0 Å². The molecule has 2 nitrogen and oxygen atoms in total. The van der Waals surface area contributed by atoms with Crippen LogP contribution >= 0.6 is 0 Å². The van der Waals surface area contributed by atoms with Crippen molar-refractivity contribution in [2.75, 3.05) is 19.6 Å². The van der Waals surface area contributed by atoms with Crippen molar-refractivity contribution in [2.45, 2.75) is 52.1 Å². The normalized spacial score (nSPS) is 19.5. The van der Waals surface area contributed by atoms with E-state index in [2.05, 4.69) is 55.3 Å². The number of rotatable bonds is 6. The van der Waals surface area contributed by atoms with Crippen LogP contribution in [-0.2, 0) is 0 Å². The Morgan fingerprint density at radius 2 is 1.79 bits per heavy atom. The molecule has 2 unspecified atom stereocenters. The SMILES string of the molecule is CCC(NCC(C)N1CCCC1)c1ccc(C)cc1. The van der Waals surface area contributed by atoms with E-state index in [1.165, 1.54) is 37.1 Å². The molecule has 2 heteroatoms. The van der Waals surface area contributed by atoms with Gasteiger partial charge in [-0.1, -0.05) is 36.8 Å². The molecule has 0 saturated carbocycles. The van der Waals surface area contributed by atoms with Gasteiger partial charge in [-0.3, -0.25) is 4.90 Å². The van der Waals surface area contributed by atoms with E-state index in [-0.39, 0.29) is 0 Å². The van der Waals surface area contributed by atoms with E-state index < -0.39 is 0 Å². The highest BCUT2D eigenvalue weighted by atomic mass is 15.2. The van der Waals surface area contributed by atoms with Gasteiger partial charge in [0, 0.05) is 18.6 Å². The van der Waals surface area contributed by atoms with Crippen LogP contribution in [0.1, 0.15) is 50.3 Å². The molecule has 2 rings (SSSR count). The molecule has 1 aromatic rings. The van der Waals surface area contributed by atoms with Gasteiger partial charge < -0.3 is 5.32 Å². The molecule has 0 aromatic heterocycles. The van der Waals surface area contributed by atoms with E-state index in [4.69, 9.17) is 0 Å². The highest BCUT2D eigenvalue weighted by Gasteiger charge is 2.18. The predicted octanol–water partition coefficient (Wildman–Crippen LogP) is 3.52. The van der Waals surface area contributed by atoms with Gasteiger partial charge in [0.1, 0.15) is 0 Å². The van der Waals surface area contributed by atoms with Crippen molar-refractivity contribution in [3.63, 3.8) is 0 Å². The van der Waals surface area contributed by atoms with Crippen LogP contribution < -0.4 is 5.32 Å². The van der Waals surface area contributed by atoms with Gasteiger partial charge in [0.05, 0.1) is 0 Å². The summed E-state index contributed by atoms with van der Waals surface area (Å²) in [5.74, 6) is 0. The van der Waals surface area contributed by atoms with Crippen LogP contribution in [0, 0.1) is 6.92 Å². The Kier molecular flexibility index (Phi) is 5.41. The molecule has 1 aliphatic rings. The quantitative estimate of drug-likeness (QED) is 0.842. The van der Waals surface area contributed by atoms with E-state index in [9.17, 15) is 0 Å². The molecule has 0 bridgehead atoms. The largest absolute Gasteiger partial charge is 0.308 e. The summed E-state index contributed by atoms with van der Waals surface area (Å²) in [6.45, 7) is 10.4. The minimum Gasteiger partial charge on any atom is -0.308 e. The van der Waals surface area contributed by atoms with E-state index in [0.29, 0.717) is 12.1 Å². The number of nitrogens with one attached hydrogen (secondary N) is 1. The van der Waals surface area contributed by atoms with Crippen LogP contribution in [0.25, 0.3) is 0 Å². The zero-order valence-corrected chi connectivity index (χ0v) is 12.7. The van der Waals surface area contributed by atoms with Crippen molar-refractivity contribution >= 4 is 0 Å². The van der Waals surface area contributed by atoms with Crippen molar-refractivity contribution in [3.05, 3.63) is 35.4 Å². The smallest absolute Gasteiger partial charge is 0.0318 e. The highest BCUT2D eigenvalue weighted by molar-refractivity contribution is 5.24. The molecule has 1 saturated heterocycles. The number of aryl methyl sites for hydroxylation is 1. The maximum Gasteiger partial charge on any atom is 0.0318 e.